The molecule has 1 N–H and O–H groups in total. The van der Waals surface area contributed by atoms with Gasteiger partial charge in [0.05, 0.1) is 12.5 Å². The molecule has 0 spiro atoms. The Morgan fingerprint density at radius 2 is 2.31 bits per heavy atom. The third-order valence-electron chi connectivity index (χ3n) is 3.06. The highest BCUT2D eigenvalue weighted by atomic mass is 32.2. The number of carbonyl (C=O) groups excluding carboxylic acids is 2. The molecule has 4 nitrogen and oxygen atoms in total. The minimum absolute atomic E-state index is 0.0185. The van der Waals surface area contributed by atoms with Crippen LogP contribution < -0.4 is 5.32 Å². The number of hydrogen-bond donors (Lipinski definition) is 1. The molecule has 0 saturated carbocycles. The first-order chi connectivity index (χ1) is 7.72. The van der Waals surface area contributed by atoms with E-state index in [0.717, 1.165) is 24.3 Å². The molecular formula is C11H18N2O2S. The molecule has 5 heteroatoms. The van der Waals surface area contributed by atoms with Crippen LogP contribution >= 0.6 is 11.8 Å². The number of imide groups is 1. The van der Waals surface area contributed by atoms with Gasteiger partial charge in [0.1, 0.15) is 0 Å². The van der Waals surface area contributed by atoms with Crippen LogP contribution in [0.3, 0.4) is 0 Å². The van der Waals surface area contributed by atoms with Gasteiger partial charge in [-0.3, -0.25) is 14.5 Å². The van der Waals surface area contributed by atoms with Crippen molar-refractivity contribution in [1.29, 1.82) is 0 Å². The summed E-state index contributed by atoms with van der Waals surface area (Å²) < 4.78 is 0. The highest BCUT2D eigenvalue weighted by Gasteiger charge is 2.39. The number of thioether (sulfide) groups is 1. The van der Waals surface area contributed by atoms with E-state index in [1.165, 1.54) is 4.90 Å². The molecule has 2 aliphatic heterocycles. The fourth-order valence-electron chi connectivity index (χ4n) is 2.22. The van der Waals surface area contributed by atoms with Crippen LogP contribution in [0.25, 0.3) is 0 Å². The summed E-state index contributed by atoms with van der Waals surface area (Å²) in [5.41, 5.74) is 0. The van der Waals surface area contributed by atoms with E-state index >= 15 is 0 Å². The van der Waals surface area contributed by atoms with Gasteiger partial charge in [-0.25, -0.2) is 0 Å². The lowest BCUT2D eigenvalue weighted by Gasteiger charge is -2.17. The topological polar surface area (TPSA) is 49.4 Å². The van der Waals surface area contributed by atoms with Gasteiger partial charge >= 0.3 is 0 Å². The molecule has 2 unspecified atom stereocenters. The van der Waals surface area contributed by atoms with E-state index in [-0.39, 0.29) is 17.9 Å². The van der Waals surface area contributed by atoms with Crippen LogP contribution in [0, 0.1) is 0 Å². The number of nitrogens with zero attached hydrogens (tertiary/aromatic N) is 1. The number of hydrogen-bond acceptors (Lipinski definition) is 4. The maximum absolute atomic E-state index is 11.9. The molecule has 2 amide bonds. The summed E-state index contributed by atoms with van der Waals surface area (Å²) >= 11 is 1.91. The summed E-state index contributed by atoms with van der Waals surface area (Å²) in [5, 5.41) is 3.31. The Hall–Kier alpha value is -0.550. The Balaban J connectivity index is 1.91. The zero-order chi connectivity index (χ0) is 11.5. The van der Waals surface area contributed by atoms with Crippen LogP contribution in [-0.4, -0.2) is 46.8 Å². The first kappa shape index (κ1) is 11.9. The van der Waals surface area contributed by atoms with E-state index in [4.69, 9.17) is 0 Å². The van der Waals surface area contributed by atoms with E-state index in [9.17, 15) is 9.59 Å². The van der Waals surface area contributed by atoms with Crippen molar-refractivity contribution in [2.45, 2.75) is 38.3 Å². The molecule has 16 heavy (non-hydrogen) atoms. The molecule has 0 bridgehead atoms. The Morgan fingerprint density at radius 1 is 1.50 bits per heavy atom. The van der Waals surface area contributed by atoms with E-state index in [1.54, 1.807) is 0 Å². The van der Waals surface area contributed by atoms with E-state index in [1.807, 2.05) is 18.7 Å². The normalized spacial score (nSPS) is 30.4. The molecule has 2 fully saturated rings. The van der Waals surface area contributed by atoms with Gasteiger partial charge in [0.2, 0.25) is 11.8 Å². The van der Waals surface area contributed by atoms with Gasteiger partial charge in [-0.15, -0.1) is 0 Å². The van der Waals surface area contributed by atoms with Gasteiger partial charge in [0, 0.05) is 18.3 Å². The molecule has 2 saturated heterocycles. The van der Waals surface area contributed by atoms with E-state index in [2.05, 4.69) is 5.32 Å². The summed E-state index contributed by atoms with van der Waals surface area (Å²) in [5.74, 6) is 2.18. The summed E-state index contributed by atoms with van der Waals surface area (Å²) in [6, 6.07) is 0.149. The van der Waals surface area contributed by atoms with Crippen molar-refractivity contribution in [2.75, 3.05) is 18.1 Å². The third-order valence-corrected chi connectivity index (χ3v) is 4.22. The maximum Gasteiger partial charge on any atom is 0.246 e. The average molecular weight is 242 g/mol. The predicted octanol–water partition coefficient (Wildman–Crippen LogP) is 0.619. The predicted molar refractivity (Wildman–Crippen MR) is 64.3 cm³/mol. The quantitative estimate of drug-likeness (QED) is 0.734. The van der Waals surface area contributed by atoms with Crippen molar-refractivity contribution in [1.82, 2.24) is 10.2 Å². The fraction of sp³-hybridized carbons (Fsp3) is 0.818. The summed E-state index contributed by atoms with van der Waals surface area (Å²) in [4.78, 5) is 25.0. The molecular weight excluding hydrogens is 224 g/mol. The monoisotopic (exact) mass is 242 g/mol. The Bertz CT molecular complexity index is 290. The zero-order valence-electron chi connectivity index (χ0n) is 9.57. The zero-order valence-corrected chi connectivity index (χ0v) is 10.4. The van der Waals surface area contributed by atoms with E-state index in [0.29, 0.717) is 19.0 Å². The number of likely N-dealkylation sites (tertiary alicyclic amines) is 1. The van der Waals surface area contributed by atoms with Gasteiger partial charge in [-0.05, 0) is 18.6 Å². The molecule has 0 aromatic heterocycles. The molecule has 90 valence electrons. The smallest absolute Gasteiger partial charge is 0.246 e. The average Bonchev–Trinajstić information content (AvgIpc) is 2.84. The minimum atomic E-state index is -0.261. The van der Waals surface area contributed by atoms with E-state index < -0.39 is 0 Å². The van der Waals surface area contributed by atoms with Crippen LogP contribution in [0.5, 0.6) is 0 Å². The second kappa shape index (κ2) is 5.19. The van der Waals surface area contributed by atoms with Gasteiger partial charge in [-0.1, -0.05) is 6.92 Å². The van der Waals surface area contributed by atoms with Crippen molar-refractivity contribution in [3.05, 3.63) is 0 Å². The number of carbonyl (C=O) groups is 2. The van der Waals surface area contributed by atoms with Crippen LogP contribution in [0.1, 0.15) is 26.2 Å². The molecule has 2 atom stereocenters. The Kier molecular flexibility index (Phi) is 3.86. The first-order valence-corrected chi connectivity index (χ1v) is 7.06. The second-order valence-electron chi connectivity index (χ2n) is 4.37. The van der Waals surface area contributed by atoms with Gasteiger partial charge in [0.25, 0.3) is 0 Å². The van der Waals surface area contributed by atoms with Crippen molar-refractivity contribution in [3.63, 3.8) is 0 Å². The largest absolute Gasteiger partial charge is 0.302 e. The van der Waals surface area contributed by atoms with Gasteiger partial charge in [-0.2, -0.15) is 11.8 Å². The van der Waals surface area contributed by atoms with Crippen LogP contribution in [0.15, 0.2) is 0 Å². The third kappa shape index (κ3) is 2.40. The lowest BCUT2D eigenvalue weighted by molar-refractivity contribution is -0.138. The van der Waals surface area contributed by atoms with Crippen LogP contribution in [0.4, 0.5) is 0 Å². The first-order valence-electron chi connectivity index (χ1n) is 5.90. The van der Waals surface area contributed by atoms with Crippen LogP contribution in [-0.2, 0) is 9.59 Å². The lowest BCUT2D eigenvalue weighted by atomic mass is 10.2. The van der Waals surface area contributed by atoms with Crippen molar-refractivity contribution < 1.29 is 9.59 Å². The molecule has 0 aromatic rings. The number of amides is 2. The highest BCUT2D eigenvalue weighted by Crippen LogP contribution is 2.20. The number of rotatable bonds is 4. The van der Waals surface area contributed by atoms with Crippen molar-refractivity contribution >= 4 is 23.6 Å². The van der Waals surface area contributed by atoms with Crippen molar-refractivity contribution in [2.24, 2.45) is 0 Å². The summed E-state index contributed by atoms with van der Waals surface area (Å²) in [6.07, 6.45) is 2.29. The maximum atomic E-state index is 11.9. The molecule has 2 rings (SSSR count). The standard InChI is InChI=1S/C11H18N2O2S/c1-2-4-13-10(14)6-9(11(13)15)12-8-3-5-16-7-8/h8-9,12H,2-7H2,1H3. The second-order valence-corrected chi connectivity index (χ2v) is 5.52. The highest BCUT2D eigenvalue weighted by molar-refractivity contribution is 7.99. The van der Waals surface area contributed by atoms with Crippen molar-refractivity contribution in [3.8, 4) is 0 Å². The Morgan fingerprint density at radius 3 is 2.94 bits per heavy atom. The fourth-order valence-corrected chi connectivity index (χ4v) is 3.39. The Labute approximate surface area is 100 Å². The van der Waals surface area contributed by atoms with Gasteiger partial charge < -0.3 is 5.32 Å². The van der Waals surface area contributed by atoms with Crippen LogP contribution in [0.2, 0.25) is 0 Å². The molecule has 0 radical (unpaired) electrons. The summed E-state index contributed by atoms with van der Waals surface area (Å²) in [7, 11) is 0. The molecule has 0 aliphatic carbocycles. The molecule has 2 heterocycles. The summed E-state index contributed by atoms with van der Waals surface area (Å²) in [6.45, 7) is 2.55. The number of nitrogens with one attached hydrogen (secondary N) is 1. The lowest BCUT2D eigenvalue weighted by Crippen LogP contribution is -2.44. The van der Waals surface area contributed by atoms with Gasteiger partial charge in [0.15, 0.2) is 0 Å². The molecule has 2 aliphatic rings. The minimum Gasteiger partial charge on any atom is -0.302 e. The molecule has 0 aromatic carbocycles. The SMILES string of the molecule is CCCN1C(=O)CC(NC2CCSC2)C1=O.